The first kappa shape index (κ1) is 14.8. The average Bonchev–Trinajstić information content (AvgIpc) is 2.50. The number of aliphatic hydroxyl groups excluding tert-OH is 1. The summed E-state index contributed by atoms with van der Waals surface area (Å²) in [6, 6.07) is 10.0. The Kier molecular flexibility index (Phi) is 4.73. The Hall–Kier alpha value is -2.60. The van der Waals surface area contributed by atoms with Crippen LogP contribution in [0.2, 0.25) is 0 Å². The van der Waals surface area contributed by atoms with Gasteiger partial charge in [0.1, 0.15) is 5.69 Å². The summed E-state index contributed by atoms with van der Waals surface area (Å²) in [6.45, 7) is 0.189. The molecule has 2 amide bonds. The van der Waals surface area contributed by atoms with Crippen molar-refractivity contribution in [2.75, 3.05) is 5.32 Å². The highest BCUT2D eigenvalue weighted by atomic mass is 16.3. The molecule has 0 spiro atoms. The topological polar surface area (TPSA) is 83.4 Å². The molecule has 0 bridgehead atoms. The molecule has 6 nitrogen and oxygen atoms in total. The molecule has 3 N–H and O–H groups in total. The van der Waals surface area contributed by atoms with Crippen LogP contribution >= 0.6 is 0 Å². The summed E-state index contributed by atoms with van der Waals surface area (Å²) < 4.78 is 1.39. The minimum Gasteiger partial charge on any atom is -0.392 e. The van der Waals surface area contributed by atoms with E-state index in [4.69, 9.17) is 0 Å². The molecular weight excluding hydrogens is 270 g/mol. The van der Waals surface area contributed by atoms with Gasteiger partial charge in [0.15, 0.2) is 0 Å². The lowest BCUT2D eigenvalue weighted by Gasteiger charge is -2.10. The summed E-state index contributed by atoms with van der Waals surface area (Å²) in [7, 11) is 1.61. The van der Waals surface area contributed by atoms with Gasteiger partial charge in [-0.3, -0.25) is 4.79 Å². The molecule has 0 fully saturated rings. The number of hydrogen-bond acceptors (Lipinski definition) is 3. The van der Waals surface area contributed by atoms with Gasteiger partial charge in [-0.15, -0.1) is 0 Å². The van der Waals surface area contributed by atoms with Crippen molar-refractivity contribution in [3.63, 3.8) is 0 Å². The van der Waals surface area contributed by atoms with Gasteiger partial charge in [-0.2, -0.15) is 0 Å². The number of rotatable bonds is 4. The van der Waals surface area contributed by atoms with Crippen molar-refractivity contribution in [2.45, 2.75) is 13.2 Å². The van der Waals surface area contributed by atoms with Gasteiger partial charge < -0.3 is 20.3 Å². The fourth-order valence-corrected chi connectivity index (χ4v) is 1.92. The maximum Gasteiger partial charge on any atom is 0.319 e. The zero-order valence-electron chi connectivity index (χ0n) is 11.7. The molecule has 1 aromatic heterocycles. The van der Waals surface area contributed by atoms with E-state index in [0.717, 1.165) is 11.1 Å². The lowest BCUT2D eigenvalue weighted by atomic mass is 10.1. The van der Waals surface area contributed by atoms with Crippen molar-refractivity contribution >= 4 is 11.7 Å². The van der Waals surface area contributed by atoms with E-state index in [2.05, 4.69) is 10.6 Å². The molecule has 0 unspecified atom stereocenters. The first-order chi connectivity index (χ1) is 10.1. The van der Waals surface area contributed by atoms with E-state index in [1.807, 2.05) is 18.2 Å². The van der Waals surface area contributed by atoms with Crippen molar-refractivity contribution in [1.82, 2.24) is 9.88 Å². The molecular formula is C15H17N3O3. The Morgan fingerprint density at radius 1 is 1.19 bits per heavy atom. The van der Waals surface area contributed by atoms with Crippen molar-refractivity contribution in [2.24, 2.45) is 7.05 Å². The Balaban J connectivity index is 1.99. The molecule has 21 heavy (non-hydrogen) atoms. The van der Waals surface area contributed by atoms with Crippen LogP contribution in [0.15, 0.2) is 47.4 Å². The molecule has 0 aliphatic rings. The number of urea groups is 1. The summed E-state index contributed by atoms with van der Waals surface area (Å²) >= 11 is 0. The zero-order valence-corrected chi connectivity index (χ0v) is 11.7. The first-order valence-electron chi connectivity index (χ1n) is 6.50. The number of aliphatic hydroxyl groups is 1. The fourth-order valence-electron chi connectivity index (χ4n) is 1.92. The molecule has 0 atom stereocenters. The number of aryl methyl sites for hydroxylation is 1. The number of nitrogens with one attached hydrogen (secondary N) is 2. The van der Waals surface area contributed by atoms with E-state index in [0.29, 0.717) is 0 Å². The largest absolute Gasteiger partial charge is 0.392 e. The molecule has 0 saturated carbocycles. The van der Waals surface area contributed by atoms with Crippen LogP contribution < -0.4 is 16.2 Å². The molecule has 0 saturated heterocycles. The lowest BCUT2D eigenvalue weighted by Crippen LogP contribution is -2.32. The Morgan fingerprint density at radius 2 is 1.90 bits per heavy atom. The third-order valence-corrected chi connectivity index (χ3v) is 3.10. The van der Waals surface area contributed by atoms with Gasteiger partial charge in [-0.1, -0.05) is 24.3 Å². The fraction of sp³-hybridized carbons (Fsp3) is 0.200. The van der Waals surface area contributed by atoms with Gasteiger partial charge in [-0.05, 0) is 23.3 Å². The van der Waals surface area contributed by atoms with E-state index in [1.54, 1.807) is 31.4 Å². The van der Waals surface area contributed by atoms with Gasteiger partial charge in [0.05, 0.1) is 6.61 Å². The Bertz CT molecular complexity index is 695. The molecule has 0 aliphatic heterocycles. The third kappa shape index (κ3) is 3.70. The van der Waals surface area contributed by atoms with Crippen molar-refractivity contribution in [3.05, 3.63) is 64.1 Å². The number of amides is 2. The summed E-state index contributed by atoms with van der Waals surface area (Å²) in [5.74, 6) is 0. The molecule has 2 aromatic rings. The second-order valence-electron chi connectivity index (χ2n) is 4.57. The van der Waals surface area contributed by atoms with Crippen molar-refractivity contribution in [3.8, 4) is 0 Å². The maximum absolute atomic E-state index is 11.8. The average molecular weight is 287 g/mol. The highest BCUT2D eigenvalue weighted by Gasteiger charge is 2.07. The van der Waals surface area contributed by atoms with E-state index < -0.39 is 6.03 Å². The summed E-state index contributed by atoms with van der Waals surface area (Å²) in [6.07, 6.45) is 1.61. The summed E-state index contributed by atoms with van der Waals surface area (Å²) in [5.41, 5.74) is 1.53. The van der Waals surface area contributed by atoms with E-state index in [1.165, 1.54) is 4.57 Å². The number of hydrogen-bond donors (Lipinski definition) is 3. The number of carbonyl (C=O) groups is 1. The SMILES string of the molecule is Cn1cccc(NC(=O)NCc2ccccc2CO)c1=O. The van der Waals surface area contributed by atoms with Crippen LogP contribution in [0, 0.1) is 0 Å². The van der Waals surface area contributed by atoms with Gasteiger partial charge in [0, 0.05) is 19.8 Å². The minimum atomic E-state index is -0.467. The van der Waals surface area contributed by atoms with Crippen LogP contribution in [-0.4, -0.2) is 15.7 Å². The normalized spacial score (nSPS) is 10.2. The molecule has 0 radical (unpaired) electrons. The molecule has 2 rings (SSSR count). The van der Waals surface area contributed by atoms with Crippen LogP contribution in [0.25, 0.3) is 0 Å². The van der Waals surface area contributed by atoms with Crippen molar-refractivity contribution < 1.29 is 9.90 Å². The Morgan fingerprint density at radius 3 is 2.62 bits per heavy atom. The molecule has 1 aromatic carbocycles. The standard InChI is InChI=1S/C15H17N3O3/c1-18-8-4-7-13(14(18)20)17-15(21)16-9-11-5-2-3-6-12(11)10-19/h2-8,19H,9-10H2,1H3,(H2,16,17,21). The van der Waals surface area contributed by atoms with Crippen LogP contribution in [0.4, 0.5) is 10.5 Å². The van der Waals surface area contributed by atoms with Crippen molar-refractivity contribution in [1.29, 1.82) is 0 Å². The minimum absolute atomic E-state index is 0.0846. The number of benzene rings is 1. The monoisotopic (exact) mass is 287 g/mol. The van der Waals surface area contributed by atoms with Gasteiger partial charge in [0.25, 0.3) is 5.56 Å². The summed E-state index contributed by atoms with van der Waals surface area (Å²) in [5, 5.41) is 14.4. The second-order valence-corrected chi connectivity index (χ2v) is 4.57. The van der Waals surface area contributed by atoms with Crippen LogP contribution in [-0.2, 0) is 20.2 Å². The Labute approximate surface area is 122 Å². The molecule has 0 aliphatic carbocycles. The van der Waals surface area contributed by atoms with Crippen LogP contribution in [0.3, 0.4) is 0 Å². The smallest absolute Gasteiger partial charge is 0.319 e. The predicted molar refractivity (Wildman–Crippen MR) is 79.9 cm³/mol. The maximum atomic E-state index is 11.8. The first-order valence-corrected chi connectivity index (χ1v) is 6.50. The number of pyridine rings is 1. The highest BCUT2D eigenvalue weighted by Crippen LogP contribution is 2.08. The predicted octanol–water partition coefficient (Wildman–Crippen LogP) is 1.20. The highest BCUT2D eigenvalue weighted by molar-refractivity contribution is 5.88. The summed E-state index contributed by atoms with van der Waals surface area (Å²) in [4.78, 5) is 23.6. The number of carbonyl (C=O) groups excluding carboxylic acids is 1. The molecule has 1 heterocycles. The van der Waals surface area contributed by atoms with E-state index >= 15 is 0 Å². The molecule has 6 heteroatoms. The second kappa shape index (κ2) is 6.71. The van der Waals surface area contributed by atoms with Gasteiger partial charge >= 0.3 is 6.03 Å². The van der Waals surface area contributed by atoms with Gasteiger partial charge in [0.2, 0.25) is 0 Å². The van der Waals surface area contributed by atoms with Crippen LogP contribution in [0.5, 0.6) is 0 Å². The van der Waals surface area contributed by atoms with Gasteiger partial charge in [-0.25, -0.2) is 4.79 Å². The van der Waals surface area contributed by atoms with E-state index in [-0.39, 0.29) is 24.4 Å². The number of anilines is 1. The molecule has 110 valence electrons. The quantitative estimate of drug-likeness (QED) is 0.790. The lowest BCUT2D eigenvalue weighted by molar-refractivity contribution is 0.251. The van der Waals surface area contributed by atoms with Crippen LogP contribution in [0.1, 0.15) is 11.1 Å². The third-order valence-electron chi connectivity index (χ3n) is 3.10. The van der Waals surface area contributed by atoms with E-state index in [9.17, 15) is 14.7 Å². The number of nitrogens with zero attached hydrogens (tertiary/aromatic N) is 1. The number of aromatic nitrogens is 1. The zero-order chi connectivity index (χ0) is 15.2.